The summed E-state index contributed by atoms with van der Waals surface area (Å²) < 4.78 is 57.4. The molecule has 1 fully saturated rings. The number of fused-ring (bicyclic) bond motifs is 1. The van der Waals surface area contributed by atoms with Crippen molar-refractivity contribution < 1.29 is 17.6 Å². The minimum atomic E-state index is -4.60. The van der Waals surface area contributed by atoms with Crippen molar-refractivity contribution in [2.75, 3.05) is 18.0 Å². The smallest absolute Gasteiger partial charge is 0.364 e. The number of benzene rings is 1. The molecule has 2 aromatic heterocycles. The molecule has 3 aromatic rings. The molecule has 0 N–H and O–H groups in total. The van der Waals surface area contributed by atoms with Gasteiger partial charge in [-0.05, 0) is 38.8 Å². The minimum absolute atomic E-state index is 0.00588. The van der Waals surface area contributed by atoms with Crippen molar-refractivity contribution >= 4 is 16.7 Å². The highest BCUT2D eigenvalue weighted by molar-refractivity contribution is 5.88. The lowest BCUT2D eigenvalue weighted by atomic mass is 9.95. The highest BCUT2D eigenvalue weighted by Crippen LogP contribution is 2.36. The van der Waals surface area contributed by atoms with Gasteiger partial charge in [0.05, 0.1) is 23.0 Å². The molecule has 10 heteroatoms. The molecule has 1 aliphatic heterocycles. The summed E-state index contributed by atoms with van der Waals surface area (Å²) in [6.45, 7) is 9.25. The van der Waals surface area contributed by atoms with Gasteiger partial charge in [0, 0.05) is 49.9 Å². The van der Waals surface area contributed by atoms with Crippen LogP contribution in [0.25, 0.3) is 11.0 Å². The van der Waals surface area contributed by atoms with E-state index in [1.54, 1.807) is 29.3 Å². The third-order valence-electron chi connectivity index (χ3n) is 7.62. The van der Waals surface area contributed by atoms with Crippen LogP contribution in [-0.2, 0) is 19.8 Å². The van der Waals surface area contributed by atoms with Crippen LogP contribution in [0, 0.1) is 17.7 Å². The van der Waals surface area contributed by atoms with E-state index in [2.05, 4.69) is 28.6 Å². The first-order valence-corrected chi connectivity index (χ1v) is 12.9. The first kappa shape index (κ1) is 27.7. The first-order valence-electron chi connectivity index (χ1n) is 12.9. The summed E-state index contributed by atoms with van der Waals surface area (Å²) in [6, 6.07) is 3.95. The van der Waals surface area contributed by atoms with Gasteiger partial charge in [-0.25, -0.2) is 4.39 Å². The van der Waals surface area contributed by atoms with Crippen LogP contribution in [0.3, 0.4) is 0 Å². The molecule has 0 spiro atoms. The summed E-state index contributed by atoms with van der Waals surface area (Å²) in [4.78, 5) is 17.3. The lowest BCUT2D eigenvalue weighted by Crippen LogP contribution is -2.59. The Morgan fingerprint density at radius 2 is 1.84 bits per heavy atom. The second-order valence-electron chi connectivity index (χ2n) is 9.80. The van der Waals surface area contributed by atoms with Crippen molar-refractivity contribution in [3.8, 4) is 11.8 Å². The number of alkyl halides is 3. The molecule has 6 nitrogen and oxygen atoms in total. The Kier molecular flexibility index (Phi) is 7.88. The van der Waals surface area contributed by atoms with Gasteiger partial charge in [0.1, 0.15) is 17.9 Å². The van der Waals surface area contributed by atoms with Crippen molar-refractivity contribution in [3.63, 3.8) is 0 Å². The van der Waals surface area contributed by atoms with Gasteiger partial charge >= 0.3 is 6.18 Å². The highest BCUT2D eigenvalue weighted by Gasteiger charge is 2.38. The van der Waals surface area contributed by atoms with E-state index in [1.165, 1.54) is 6.07 Å². The summed E-state index contributed by atoms with van der Waals surface area (Å²) in [7, 11) is 1.72. The second-order valence-corrected chi connectivity index (χ2v) is 9.80. The van der Waals surface area contributed by atoms with Gasteiger partial charge in [-0.2, -0.15) is 18.3 Å². The Hall–Kier alpha value is -3.32. The van der Waals surface area contributed by atoms with Crippen molar-refractivity contribution in [3.05, 3.63) is 57.8 Å². The molecule has 3 atom stereocenters. The van der Waals surface area contributed by atoms with Crippen LogP contribution in [0.5, 0.6) is 0 Å². The number of hydrogen-bond acceptors (Lipinski definition) is 4. The summed E-state index contributed by atoms with van der Waals surface area (Å²) >= 11 is 0. The number of rotatable bonds is 6. The van der Waals surface area contributed by atoms with Crippen LogP contribution in [-0.4, -0.2) is 44.4 Å². The van der Waals surface area contributed by atoms with Crippen LogP contribution in [0.4, 0.5) is 23.2 Å². The quantitative estimate of drug-likeness (QED) is 0.318. The van der Waals surface area contributed by atoms with Crippen LogP contribution in [0.1, 0.15) is 57.7 Å². The van der Waals surface area contributed by atoms with Gasteiger partial charge in [0.25, 0.3) is 5.56 Å². The Balaban J connectivity index is 1.70. The molecule has 1 unspecified atom stereocenters. The Morgan fingerprint density at radius 1 is 1.13 bits per heavy atom. The third kappa shape index (κ3) is 5.17. The average molecular weight is 532 g/mol. The van der Waals surface area contributed by atoms with Crippen molar-refractivity contribution in [2.45, 2.75) is 71.4 Å². The molecule has 1 aromatic carbocycles. The fraction of sp³-hybridized carbons (Fsp3) is 0.500. The fourth-order valence-corrected chi connectivity index (χ4v) is 5.37. The molecule has 38 heavy (non-hydrogen) atoms. The number of nitrogens with zero attached hydrogens (tertiary/aromatic N) is 5. The summed E-state index contributed by atoms with van der Waals surface area (Å²) in [6.07, 6.45) is -1.27. The van der Waals surface area contributed by atoms with E-state index in [1.807, 2.05) is 20.0 Å². The molecule has 0 saturated carbocycles. The molecule has 0 aliphatic carbocycles. The zero-order chi connectivity index (χ0) is 27.8. The van der Waals surface area contributed by atoms with E-state index >= 15 is 0 Å². The van der Waals surface area contributed by atoms with E-state index < -0.39 is 23.6 Å². The van der Waals surface area contributed by atoms with E-state index in [-0.39, 0.29) is 23.2 Å². The zero-order valence-corrected chi connectivity index (χ0v) is 22.3. The second kappa shape index (κ2) is 10.8. The van der Waals surface area contributed by atoms with Crippen LogP contribution in [0.15, 0.2) is 35.3 Å². The zero-order valence-electron chi connectivity index (χ0n) is 22.3. The largest absolute Gasteiger partial charge is 0.416 e. The van der Waals surface area contributed by atoms with Crippen molar-refractivity contribution in [2.24, 2.45) is 7.05 Å². The van der Waals surface area contributed by atoms with E-state index in [9.17, 15) is 22.4 Å². The number of piperazine rings is 1. The van der Waals surface area contributed by atoms with Crippen LogP contribution in [0.2, 0.25) is 0 Å². The number of aryl methyl sites for hydroxylation is 1. The maximum absolute atomic E-state index is 14.9. The topological polar surface area (TPSA) is 46.3 Å². The normalized spacial score (nSPS) is 19.4. The van der Waals surface area contributed by atoms with Gasteiger partial charge in [0.2, 0.25) is 0 Å². The SMILES string of the molecule is CC#CCn1cc2c(n1)c(N1C[C@@H](CC)N(C(C)c3ccc(C(F)(F)F)cc3F)C[C@@H]1CC)cc(=O)n2C. The maximum Gasteiger partial charge on any atom is 0.416 e. The predicted molar refractivity (Wildman–Crippen MR) is 140 cm³/mol. The molecular weight excluding hydrogens is 498 g/mol. The average Bonchev–Trinajstić information content (AvgIpc) is 3.32. The molecule has 4 rings (SSSR count). The van der Waals surface area contributed by atoms with Crippen molar-refractivity contribution in [1.82, 2.24) is 19.2 Å². The van der Waals surface area contributed by atoms with Gasteiger partial charge in [-0.3, -0.25) is 14.4 Å². The molecule has 3 heterocycles. The van der Waals surface area contributed by atoms with E-state index in [0.717, 1.165) is 30.1 Å². The number of anilines is 1. The molecular formula is C28H33F4N5O. The predicted octanol–water partition coefficient (Wildman–Crippen LogP) is 5.36. The van der Waals surface area contributed by atoms with E-state index in [0.29, 0.717) is 31.2 Å². The van der Waals surface area contributed by atoms with Crippen LogP contribution >= 0.6 is 0 Å². The molecule has 204 valence electrons. The number of pyridine rings is 1. The molecule has 0 amide bonds. The molecule has 1 aliphatic rings. The van der Waals surface area contributed by atoms with Crippen molar-refractivity contribution in [1.29, 1.82) is 0 Å². The van der Waals surface area contributed by atoms with Gasteiger partial charge < -0.3 is 9.47 Å². The number of hydrogen-bond donors (Lipinski definition) is 0. The summed E-state index contributed by atoms with van der Waals surface area (Å²) in [5.74, 6) is 5.00. The maximum atomic E-state index is 14.9. The molecule has 1 saturated heterocycles. The minimum Gasteiger partial charge on any atom is -0.364 e. The fourth-order valence-electron chi connectivity index (χ4n) is 5.37. The van der Waals surface area contributed by atoms with Gasteiger partial charge in [-0.1, -0.05) is 25.8 Å². The van der Waals surface area contributed by atoms with Gasteiger partial charge in [0.15, 0.2) is 0 Å². The van der Waals surface area contributed by atoms with Gasteiger partial charge in [-0.15, -0.1) is 5.92 Å². The Morgan fingerprint density at radius 3 is 2.45 bits per heavy atom. The molecule has 0 radical (unpaired) electrons. The monoisotopic (exact) mass is 531 g/mol. The standard InChI is InChI=1S/C28H33F4N5O/c1-6-9-12-35-17-25-27(33-35)24(14-26(38)34(25)5)37-16-20(7-2)36(15-21(37)8-3)18(4)22-11-10-19(13-23(22)29)28(30,31)32/h10-11,13-14,17-18,20-21H,7-8,12,15-16H2,1-5H3/t18?,20-,21+/m1/s1. The lowest BCUT2D eigenvalue weighted by molar-refractivity contribution is -0.137. The summed E-state index contributed by atoms with van der Waals surface area (Å²) in [5, 5.41) is 4.75. The summed E-state index contributed by atoms with van der Waals surface area (Å²) in [5.41, 5.74) is 1.30. The lowest BCUT2D eigenvalue weighted by Gasteiger charge is -2.49. The highest BCUT2D eigenvalue weighted by atomic mass is 19.4. The number of halogens is 4. The van der Waals surface area contributed by atoms with E-state index in [4.69, 9.17) is 5.10 Å². The third-order valence-corrected chi connectivity index (χ3v) is 7.62. The Bertz CT molecular complexity index is 1430. The number of aromatic nitrogens is 3. The Labute approximate surface area is 219 Å². The first-order chi connectivity index (χ1) is 18.0. The molecule has 0 bridgehead atoms. The van der Waals surface area contributed by atoms with Crippen LogP contribution < -0.4 is 10.5 Å².